The minimum Gasteiger partial charge on any atom is -0.283 e. The van der Waals surface area contributed by atoms with Crippen molar-refractivity contribution >= 4 is 44.2 Å². The Kier molecular flexibility index (Phi) is 5.19. The molecule has 0 radical (unpaired) electrons. The van der Waals surface area contributed by atoms with Crippen LogP contribution < -0.4 is 4.90 Å². The van der Waals surface area contributed by atoms with E-state index in [-0.39, 0.29) is 5.91 Å². The second kappa shape index (κ2) is 7.91. The molecule has 4 rings (SSSR count). The van der Waals surface area contributed by atoms with Crippen LogP contribution >= 0.6 is 22.9 Å². The highest BCUT2D eigenvalue weighted by molar-refractivity contribution is 7.22. The first kappa shape index (κ1) is 17.7. The third-order valence-electron chi connectivity index (χ3n) is 4.27. The number of anilines is 1. The highest BCUT2D eigenvalue weighted by Crippen LogP contribution is 2.33. The van der Waals surface area contributed by atoms with E-state index in [1.165, 1.54) is 11.3 Å². The number of hydrogen-bond donors (Lipinski definition) is 0. The van der Waals surface area contributed by atoms with Crippen LogP contribution in [0.1, 0.15) is 11.1 Å². The van der Waals surface area contributed by atoms with E-state index in [9.17, 15) is 4.79 Å². The molecule has 0 aliphatic heterocycles. The van der Waals surface area contributed by atoms with Crippen molar-refractivity contribution in [3.8, 4) is 0 Å². The second-order valence-corrected chi connectivity index (χ2v) is 7.63. The largest absolute Gasteiger partial charge is 0.283 e. The van der Waals surface area contributed by atoms with Crippen molar-refractivity contribution in [2.75, 3.05) is 4.90 Å². The maximum atomic E-state index is 13.1. The van der Waals surface area contributed by atoms with E-state index in [2.05, 4.69) is 4.98 Å². The Balaban J connectivity index is 1.70. The van der Waals surface area contributed by atoms with E-state index in [1.807, 2.05) is 78.9 Å². The van der Waals surface area contributed by atoms with Gasteiger partial charge >= 0.3 is 0 Å². The number of aromatic nitrogens is 1. The Morgan fingerprint density at radius 3 is 2.22 bits per heavy atom. The van der Waals surface area contributed by atoms with Gasteiger partial charge in [-0.15, -0.1) is 0 Å². The van der Waals surface area contributed by atoms with Crippen LogP contribution in [0, 0.1) is 0 Å². The van der Waals surface area contributed by atoms with Gasteiger partial charge in [0.2, 0.25) is 5.91 Å². The summed E-state index contributed by atoms with van der Waals surface area (Å²) in [5.74, 6) is 0.0141. The minimum atomic E-state index is 0.0141. The molecule has 1 heterocycles. The number of hydrogen-bond acceptors (Lipinski definition) is 3. The Hall–Kier alpha value is -2.69. The second-order valence-electron chi connectivity index (χ2n) is 6.21. The third-order valence-corrected chi connectivity index (χ3v) is 5.62. The highest BCUT2D eigenvalue weighted by atomic mass is 35.5. The Morgan fingerprint density at radius 2 is 1.56 bits per heavy atom. The fourth-order valence-electron chi connectivity index (χ4n) is 2.91. The summed E-state index contributed by atoms with van der Waals surface area (Å²) in [6.45, 7) is 0.476. The molecule has 0 atom stereocenters. The Bertz CT molecular complexity index is 1060. The number of para-hydroxylation sites is 1. The molecule has 0 N–H and O–H groups in total. The van der Waals surface area contributed by atoms with E-state index in [0.29, 0.717) is 23.1 Å². The average Bonchev–Trinajstić information content (AvgIpc) is 3.13. The zero-order valence-corrected chi connectivity index (χ0v) is 16.1. The van der Waals surface area contributed by atoms with Crippen molar-refractivity contribution in [2.45, 2.75) is 13.0 Å². The van der Waals surface area contributed by atoms with Crippen LogP contribution in [-0.2, 0) is 17.8 Å². The Morgan fingerprint density at radius 1 is 0.889 bits per heavy atom. The zero-order valence-electron chi connectivity index (χ0n) is 14.5. The van der Waals surface area contributed by atoms with E-state index in [0.717, 1.165) is 21.3 Å². The molecule has 1 aromatic heterocycles. The van der Waals surface area contributed by atoms with Gasteiger partial charge in [0.05, 0.1) is 22.7 Å². The monoisotopic (exact) mass is 392 g/mol. The molecule has 0 unspecified atom stereocenters. The van der Waals surface area contributed by atoms with Gasteiger partial charge in [-0.05, 0) is 23.3 Å². The molecular formula is C22H17ClN2OS. The van der Waals surface area contributed by atoms with E-state index < -0.39 is 0 Å². The van der Waals surface area contributed by atoms with Gasteiger partial charge in [-0.2, -0.15) is 0 Å². The standard InChI is InChI=1S/C22H17ClN2OS/c23-18-12-7-13-19-21(18)24-22(27-19)25(15-17-10-5-2-6-11-17)20(26)14-16-8-3-1-4-9-16/h1-13H,14-15H2. The number of rotatable bonds is 5. The zero-order chi connectivity index (χ0) is 18.6. The lowest BCUT2D eigenvalue weighted by atomic mass is 10.1. The molecule has 0 aliphatic carbocycles. The SMILES string of the molecule is O=C(Cc1ccccc1)N(Cc1ccccc1)c1nc2c(Cl)cccc2s1. The molecule has 5 heteroatoms. The smallest absolute Gasteiger partial charge is 0.233 e. The molecule has 0 bridgehead atoms. The molecule has 1 amide bonds. The maximum Gasteiger partial charge on any atom is 0.233 e. The van der Waals surface area contributed by atoms with Crippen LogP contribution in [0.15, 0.2) is 78.9 Å². The number of amides is 1. The predicted molar refractivity (Wildman–Crippen MR) is 112 cm³/mol. The molecule has 4 aromatic rings. The number of carbonyl (C=O) groups excluding carboxylic acids is 1. The summed E-state index contributed by atoms with van der Waals surface area (Å²) in [7, 11) is 0. The van der Waals surface area contributed by atoms with Crippen LogP contribution in [0.25, 0.3) is 10.2 Å². The fourth-order valence-corrected chi connectivity index (χ4v) is 4.19. The van der Waals surface area contributed by atoms with Gasteiger partial charge in [-0.3, -0.25) is 9.69 Å². The molecule has 27 heavy (non-hydrogen) atoms. The first-order chi connectivity index (χ1) is 13.2. The summed E-state index contributed by atoms with van der Waals surface area (Å²) < 4.78 is 0.975. The topological polar surface area (TPSA) is 33.2 Å². The van der Waals surface area contributed by atoms with Crippen molar-refractivity contribution in [1.29, 1.82) is 0 Å². The third kappa shape index (κ3) is 4.02. The molecule has 3 aromatic carbocycles. The lowest BCUT2D eigenvalue weighted by molar-refractivity contribution is -0.118. The number of halogens is 1. The molecule has 0 fully saturated rings. The van der Waals surface area contributed by atoms with Crippen LogP contribution in [-0.4, -0.2) is 10.9 Å². The van der Waals surface area contributed by atoms with Gasteiger partial charge in [0, 0.05) is 0 Å². The van der Waals surface area contributed by atoms with E-state index in [4.69, 9.17) is 11.6 Å². The summed E-state index contributed by atoms with van der Waals surface area (Å²) in [5, 5.41) is 1.27. The van der Waals surface area contributed by atoms with Gasteiger partial charge in [-0.1, -0.05) is 89.7 Å². The van der Waals surface area contributed by atoms with Crippen molar-refractivity contribution in [3.05, 3.63) is 95.0 Å². The summed E-state index contributed by atoms with van der Waals surface area (Å²) in [5.41, 5.74) is 2.79. The van der Waals surface area contributed by atoms with Crippen molar-refractivity contribution in [3.63, 3.8) is 0 Å². The number of carbonyl (C=O) groups is 1. The number of benzene rings is 3. The van der Waals surface area contributed by atoms with Crippen molar-refractivity contribution < 1.29 is 4.79 Å². The molecule has 0 spiro atoms. The van der Waals surface area contributed by atoms with Crippen LogP contribution in [0.4, 0.5) is 5.13 Å². The lowest BCUT2D eigenvalue weighted by Crippen LogP contribution is -2.31. The first-order valence-electron chi connectivity index (χ1n) is 8.64. The number of fused-ring (bicyclic) bond motifs is 1. The van der Waals surface area contributed by atoms with Gasteiger partial charge in [-0.25, -0.2) is 4.98 Å². The Labute approximate surface area is 166 Å². The van der Waals surface area contributed by atoms with Gasteiger partial charge in [0.25, 0.3) is 0 Å². The molecule has 0 aliphatic rings. The molecule has 134 valence electrons. The quantitative estimate of drug-likeness (QED) is 0.434. The normalized spacial score (nSPS) is 10.9. The fraction of sp³-hybridized carbons (Fsp3) is 0.0909. The highest BCUT2D eigenvalue weighted by Gasteiger charge is 2.21. The van der Waals surface area contributed by atoms with Crippen LogP contribution in [0.5, 0.6) is 0 Å². The van der Waals surface area contributed by atoms with Crippen molar-refractivity contribution in [2.24, 2.45) is 0 Å². The lowest BCUT2D eigenvalue weighted by Gasteiger charge is -2.20. The summed E-state index contributed by atoms with van der Waals surface area (Å²) in [4.78, 5) is 19.6. The predicted octanol–water partition coefficient (Wildman–Crippen LogP) is 5.73. The van der Waals surface area contributed by atoms with E-state index in [1.54, 1.807) is 4.90 Å². The van der Waals surface area contributed by atoms with Gasteiger partial charge in [0.1, 0.15) is 5.52 Å². The molecule has 3 nitrogen and oxygen atoms in total. The van der Waals surface area contributed by atoms with Crippen molar-refractivity contribution in [1.82, 2.24) is 4.98 Å². The van der Waals surface area contributed by atoms with Crippen LogP contribution in [0.3, 0.4) is 0 Å². The molecular weight excluding hydrogens is 376 g/mol. The van der Waals surface area contributed by atoms with Crippen LogP contribution in [0.2, 0.25) is 5.02 Å². The number of nitrogens with zero attached hydrogens (tertiary/aromatic N) is 2. The average molecular weight is 393 g/mol. The summed E-state index contributed by atoms with van der Waals surface area (Å²) >= 11 is 7.77. The molecule has 0 saturated carbocycles. The van der Waals surface area contributed by atoms with Gasteiger partial charge in [0.15, 0.2) is 5.13 Å². The van der Waals surface area contributed by atoms with E-state index >= 15 is 0 Å². The summed E-state index contributed by atoms with van der Waals surface area (Å²) in [6.07, 6.45) is 0.331. The minimum absolute atomic E-state index is 0.0141. The maximum absolute atomic E-state index is 13.1. The number of thiazole rings is 1. The molecule has 0 saturated heterocycles. The van der Waals surface area contributed by atoms with Gasteiger partial charge < -0.3 is 0 Å². The first-order valence-corrected chi connectivity index (χ1v) is 9.83. The summed E-state index contributed by atoms with van der Waals surface area (Å²) in [6, 6.07) is 25.4.